The Morgan fingerprint density at radius 3 is 2.09 bits per heavy atom. The second-order valence-corrected chi connectivity index (χ2v) is 4.67. The smallest absolute Gasteiger partial charge is 0.277 e. The molecule has 0 heterocycles. The highest BCUT2D eigenvalue weighted by atomic mass is 19.1. The first-order chi connectivity index (χ1) is 10.8. The number of rotatable bonds is 4. The highest BCUT2D eigenvalue weighted by molar-refractivity contribution is 6.05. The number of hydrogen-bond acceptors (Lipinski definition) is 5. The number of carbonyl (C=O) groups is 1. The van der Waals surface area contributed by atoms with Crippen LogP contribution in [0.15, 0.2) is 36.4 Å². The van der Waals surface area contributed by atoms with E-state index in [1.807, 2.05) is 0 Å². The van der Waals surface area contributed by atoms with Gasteiger partial charge in [0.25, 0.3) is 17.3 Å². The first-order valence-electron chi connectivity index (χ1n) is 6.29. The second kappa shape index (κ2) is 6.18. The van der Waals surface area contributed by atoms with Crippen molar-refractivity contribution in [3.8, 4) is 0 Å². The Bertz CT molecular complexity index is 790. The minimum atomic E-state index is -0.838. The van der Waals surface area contributed by atoms with Gasteiger partial charge in [0.1, 0.15) is 5.82 Å². The molecule has 0 aromatic heterocycles. The molecule has 2 aromatic rings. The van der Waals surface area contributed by atoms with Crippen molar-refractivity contribution in [3.05, 3.63) is 73.6 Å². The summed E-state index contributed by atoms with van der Waals surface area (Å²) in [7, 11) is 0. The highest BCUT2D eigenvalue weighted by Gasteiger charge is 2.20. The lowest BCUT2D eigenvalue weighted by atomic mass is 10.1. The zero-order valence-electron chi connectivity index (χ0n) is 11.8. The molecule has 0 atom stereocenters. The summed E-state index contributed by atoms with van der Waals surface area (Å²) in [6.07, 6.45) is 0. The Morgan fingerprint density at radius 1 is 1.04 bits per heavy atom. The number of nitrogens with one attached hydrogen (secondary N) is 1. The summed E-state index contributed by atoms with van der Waals surface area (Å²) in [4.78, 5) is 32.0. The van der Waals surface area contributed by atoms with Gasteiger partial charge in [-0.15, -0.1) is 0 Å². The van der Waals surface area contributed by atoms with E-state index in [2.05, 4.69) is 5.32 Å². The molecule has 0 radical (unpaired) electrons. The maximum Gasteiger partial charge on any atom is 0.277 e. The van der Waals surface area contributed by atoms with Crippen LogP contribution in [0.3, 0.4) is 0 Å². The van der Waals surface area contributed by atoms with Crippen molar-refractivity contribution in [2.75, 3.05) is 5.32 Å². The van der Waals surface area contributed by atoms with E-state index < -0.39 is 32.9 Å². The van der Waals surface area contributed by atoms with Gasteiger partial charge in [0.15, 0.2) is 0 Å². The Hall–Kier alpha value is -3.36. The quantitative estimate of drug-likeness (QED) is 0.686. The molecule has 0 aliphatic rings. The van der Waals surface area contributed by atoms with E-state index in [1.54, 1.807) is 6.92 Å². The van der Waals surface area contributed by atoms with Gasteiger partial charge in [0.2, 0.25) is 0 Å². The predicted molar refractivity (Wildman–Crippen MR) is 78.8 cm³/mol. The zero-order valence-corrected chi connectivity index (χ0v) is 11.8. The molecule has 9 heteroatoms. The Labute approximate surface area is 128 Å². The van der Waals surface area contributed by atoms with Gasteiger partial charge in [-0.1, -0.05) is 6.07 Å². The molecule has 8 nitrogen and oxygen atoms in total. The SMILES string of the molecule is Cc1ccc(NC(=O)c2cc([N+](=O)[O-])cc([N+](=O)[O-])c2)cc1F. The van der Waals surface area contributed by atoms with Crippen LogP contribution >= 0.6 is 0 Å². The third-order valence-corrected chi connectivity index (χ3v) is 3.02. The maximum atomic E-state index is 13.4. The van der Waals surface area contributed by atoms with Gasteiger partial charge in [-0.05, 0) is 24.6 Å². The molecule has 0 spiro atoms. The fourth-order valence-electron chi connectivity index (χ4n) is 1.81. The molecule has 0 bridgehead atoms. The third kappa shape index (κ3) is 3.64. The van der Waals surface area contributed by atoms with Crippen LogP contribution in [0.1, 0.15) is 15.9 Å². The van der Waals surface area contributed by atoms with Crippen LogP contribution in [0.2, 0.25) is 0 Å². The number of hydrogen-bond donors (Lipinski definition) is 1. The summed E-state index contributed by atoms with van der Waals surface area (Å²) in [6, 6.07) is 6.55. The highest BCUT2D eigenvalue weighted by Crippen LogP contribution is 2.23. The van der Waals surface area contributed by atoms with Crippen molar-refractivity contribution in [2.24, 2.45) is 0 Å². The zero-order chi connectivity index (χ0) is 17.1. The van der Waals surface area contributed by atoms with Gasteiger partial charge in [0, 0.05) is 17.8 Å². The summed E-state index contributed by atoms with van der Waals surface area (Å²) in [5.74, 6) is -1.35. The summed E-state index contributed by atoms with van der Waals surface area (Å²) >= 11 is 0. The molecule has 0 fully saturated rings. The van der Waals surface area contributed by atoms with Crippen molar-refractivity contribution in [1.29, 1.82) is 0 Å². The molecule has 118 valence electrons. The van der Waals surface area contributed by atoms with Crippen LogP contribution in [0.4, 0.5) is 21.5 Å². The van der Waals surface area contributed by atoms with Gasteiger partial charge in [-0.2, -0.15) is 0 Å². The van der Waals surface area contributed by atoms with E-state index >= 15 is 0 Å². The van der Waals surface area contributed by atoms with Crippen molar-refractivity contribution < 1.29 is 19.0 Å². The predicted octanol–water partition coefficient (Wildman–Crippen LogP) is 3.20. The summed E-state index contributed by atoms with van der Waals surface area (Å²) in [6.45, 7) is 1.55. The normalized spacial score (nSPS) is 10.2. The molecule has 23 heavy (non-hydrogen) atoms. The van der Waals surface area contributed by atoms with Crippen molar-refractivity contribution in [3.63, 3.8) is 0 Å². The topological polar surface area (TPSA) is 115 Å². The number of carbonyl (C=O) groups excluding carboxylic acids is 1. The number of amides is 1. The second-order valence-electron chi connectivity index (χ2n) is 4.67. The average molecular weight is 319 g/mol. The van der Waals surface area contributed by atoms with Crippen LogP contribution < -0.4 is 5.32 Å². The first kappa shape index (κ1) is 16.0. The van der Waals surface area contributed by atoms with Crippen LogP contribution in [-0.4, -0.2) is 15.8 Å². The van der Waals surface area contributed by atoms with Gasteiger partial charge in [-0.25, -0.2) is 4.39 Å². The Morgan fingerprint density at radius 2 is 1.61 bits per heavy atom. The van der Waals surface area contributed by atoms with E-state index in [1.165, 1.54) is 12.1 Å². The number of halogens is 1. The van der Waals surface area contributed by atoms with Crippen molar-refractivity contribution >= 4 is 23.0 Å². The largest absolute Gasteiger partial charge is 0.322 e. The minimum absolute atomic E-state index is 0.132. The van der Waals surface area contributed by atoms with Crippen LogP contribution in [-0.2, 0) is 0 Å². The summed E-state index contributed by atoms with van der Waals surface area (Å²) < 4.78 is 13.4. The summed E-state index contributed by atoms with van der Waals surface area (Å²) in [5.41, 5.74) is -0.924. The molecule has 0 aliphatic carbocycles. The van der Waals surface area contributed by atoms with E-state index in [4.69, 9.17) is 0 Å². The third-order valence-electron chi connectivity index (χ3n) is 3.02. The molecule has 1 amide bonds. The summed E-state index contributed by atoms with van der Waals surface area (Å²) in [5, 5.41) is 23.9. The minimum Gasteiger partial charge on any atom is -0.322 e. The van der Waals surface area contributed by atoms with E-state index in [0.29, 0.717) is 5.56 Å². The number of non-ortho nitro benzene ring substituents is 2. The maximum absolute atomic E-state index is 13.4. The molecule has 2 rings (SSSR count). The van der Waals surface area contributed by atoms with Gasteiger partial charge in [0.05, 0.1) is 21.5 Å². The first-order valence-corrected chi connectivity index (χ1v) is 6.29. The number of nitrogens with zero attached hydrogens (tertiary/aromatic N) is 2. The van der Waals surface area contributed by atoms with E-state index in [0.717, 1.165) is 24.3 Å². The van der Waals surface area contributed by atoms with E-state index in [9.17, 15) is 29.4 Å². The van der Waals surface area contributed by atoms with Gasteiger partial charge < -0.3 is 5.32 Å². The van der Waals surface area contributed by atoms with Gasteiger partial charge in [-0.3, -0.25) is 25.0 Å². The number of benzene rings is 2. The lowest BCUT2D eigenvalue weighted by Gasteiger charge is -2.06. The van der Waals surface area contributed by atoms with Crippen LogP contribution in [0, 0.1) is 33.0 Å². The standard InChI is InChI=1S/C14H10FN3O5/c1-8-2-3-10(6-13(8)15)16-14(19)9-4-11(17(20)21)7-12(5-9)18(22)23/h2-7H,1H3,(H,16,19). The average Bonchev–Trinajstić information content (AvgIpc) is 2.50. The van der Waals surface area contributed by atoms with Crippen molar-refractivity contribution in [1.82, 2.24) is 0 Å². The molecular formula is C14H10FN3O5. The Balaban J connectivity index is 2.36. The molecule has 0 aliphatic heterocycles. The molecule has 0 saturated heterocycles. The lowest BCUT2D eigenvalue weighted by molar-refractivity contribution is -0.394. The fourth-order valence-corrected chi connectivity index (χ4v) is 1.81. The number of nitro groups is 2. The number of aryl methyl sites for hydroxylation is 1. The monoisotopic (exact) mass is 319 g/mol. The Kier molecular flexibility index (Phi) is 4.30. The molecule has 2 aromatic carbocycles. The fraction of sp³-hybridized carbons (Fsp3) is 0.0714. The van der Waals surface area contributed by atoms with Crippen molar-refractivity contribution in [2.45, 2.75) is 6.92 Å². The lowest BCUT2D eigenvalue weighted by Crippen LogP contribution is -2.13. The molecule has 1 N–H and O–H groups in total. The number of anilines is 1. The van der Waals surface area contributed by atoms with Crippen LogP contribution in [0.5, 0.6) is 0 Å². The van der Waals surface area contributed by atoms with Gasteiger partial charge >= 0.3 is 0 Å². The molecule has 0 saturated carbocycles. The molecular weight excluding hydrogens is 309 g/mol. The van der Waals surface area contributed by atoms with Crippen LogP contribution in [0.25, 0.3) is 0 Å². The van der Waals surface area contributed by atoms with E-state index in [-0.39, 0.29) is 11.3 Å². The number of nitro benzene ring substituents is 2. The molecule has 0 unspecified atom stereocenters.